The lowest BCUT2D eigenvalue weighted by Gasteiger charge is -2.15. The fourth-order valence-corrected chi connectivity index (χ4v) is 3.64. The first-order valence-corrected chi connectivity index (χ1v) is 10.1. The minimum atomic E-state index is -0.201. The molecule has 28 heavy (non-hydrogen) atoms. The largest absolute Gasteiger partial charge is 0.346 e. The minimum absolute atomic E-state index is 0.201. The monoisotopic (exact) mass is 400 g/mol. The summed E-state index contributed by atoms with van der Waals surface area (Å²) in [6.45, 7) is 11.8. The highest BCUT2D eigenvalue weighted by Crippen LogP contribution is 2.29. The van der Waals surface area contributed by atoms with Crippen molar-refractivity contribution in [2.24, 2.45) is 0 Å². The summed E-state index contributed by atoms with van der Waals surface area (Å²) < 4.78 is 1.77. The number of benzene rings is 1. The molecule has 0 fully saturated rings. The van der Waals surface area contributed by atoms with E-state index in [-0.39, 0.29) is 5.91 Å². The van der Waals surface area contributed by atoms with E-state index in [1.807, 2.05) is 38.1 Å². The normalized spacial score (nSPS) is 11.4. The van der Waals surface area contributed by atoms with Gasteiger partial charge in [-0.1, -0.05) is 29.3 Å². The van der Waals surface area contributed by atoms with Crippen LogP contribution in [-0.4, -0.2) is 46.9 Å². The van der Waals surface area contributed by atoms with E-state index < -0.39 is 0 Å². The predicted molar refractivity (Wildman–Crippen MR) is 113 cm³/mol. The topological polar surface area (TPSA) is 64.2 Å². The zero-order chi connectivity index (χ0) is 20.3. The molecule has 7 heteroatoms. The molecular weight excluding hydrogens is 374 g/mol. The van der Waals surface area contributed by atoms with Crippen LogP contribution in [0.4, 0.5) is 0 Å². The van der Waals surface area contributed by atoms with Gasteiger partial charge in [0.25, 0.3) is 5.91 Å². The fraction of sp³-hybridized carbons (Fsp3) is 0.381. The van der Waals surface area contributed by atoms with Crippen LogP contribution in [-0.2, 0) is 0 Å². The first-order chi connectivity index (χ1) is 13.5. The fourth-order valence-electron chi connectivity index (χ4n) is 3.28. The van der Waals surface area contributed by atoms with Crippen LogP contribution in [0.15, 0.2) is 30.5 Å². The maximum absolute atomic E-state index is 12.6. The van der Waals surface area contributed by atoms with Gasteiger partial charge in [0, 0.05) is 6.20 Å². The molecule has 0 unspecified atom stereocenters. The van der Waals surface area contributed by atoms with E-state index in [4.69, 9.17) is 11.6 Å². The molecule has 0 radical (unpaired) electrons. The number of carbonyl (C=O) groups excluding carboxylic acids is 1. The third-order valence-electron chi connectivity index (χ3n) is 5.10. The number of hydrogen-bond acceptors (Lipinski definition) is 3. The zero-order valence-electron chi connectivity index (χ0n) is 16.8. The molecule has 0 saturated heterocycles. The van der Waals surface area contributed by atoms with Gasteiger partial charge < -0.3 is 10.2 Å². The van der Waals surface area contributed by atoms with Crippen molar-refractivity contribution < 1.29 is 9.69 Å². The maximum Gasteiger partial charge on any atom is 0.254 e. The summed E-state index contributed by atoms with van der Waals surface area (Å²) in [7, 11) is 0. The molecule has 3 rings (SSSR count). The Labute approximate surface area is 170 Å². The summed E-state index contributed by atoms with van der Waals surface area (Å²) in [6.07, 6.45) is 1.54. The van der Waals surface area contributed by atoms with Crippen molar-refractivity contribution in [1.29, 1.82) is 0 Å². The number of hydrogen-bond donors (Lipinski definition) is 2. The lowest BCUT2D eigenvalue weighted by molar-refractivity contribution is -0.895. The third kappa shape index (κ3) is 4.03. The lowest BCUT2D eigenvalue weighted by atomic mass is 10.2. The second-order valence-electron chi connectivity index (χ2n) is 6.98. The van der Waals surface area contributed by atoms with Gasteiger partial charge in [-0.15, -0.1) is 0 Å². The van der Waals surface area contributed by atoms with Crippen molar-refractivity contribution in [1.82, 2.24) is 20.1 Å². The predicted octanol–water partition coefficient (Wildman–Crippen LogP) is 2.35. The van der Waals surface area contributed by atoms with Gasteiger partial charge in [-0.05, 0) is 39.8 Å². The summed E-state index contributed by atoms with van der Waals surface area (Å²) in [6, 6.07) is 8.04. The highest BCUT2D eigenvalue weighted by atomic mass is 35.5. The van der Waals surface area contributed by atoms with E-state index >= 15 is 0 Å². The number of aryl methyl sites for hydroxylation is 2. The number of carbonyl (C=O) groups is 1. The summed E-state index contributed by atoms with van der Waals surface area (Å²) in [5, 5.41) is 8.66. The second kappa shape index (κ2) is 8.71. The summed E-state index contributed by atoms with van der Waals surface area (Å²) in [5.74, 6) is -0.201. The maximum atomic E-state index is 12.6. The Kier molecular flexibility index (Phi) is 6.31. The Balaban J connectivity index is 1.88. The average molecular weight is 401 g/mol. The van der Waals surface area contributed by atoms with Crippen LogP contribution in [0.1, 0.15) is 35.5 Å². The molecule has 0 aliphatic rings. The van der Waals surface area contributed by atoms with Crippen LogP contribution in [0.5, 0.6) is 0 Å². The second-order valence-corrected chi connectivity index (χ2v) is 7.36. The molecule has 148 valence electrons. The van der Waals surface area contributed by atoms with E-state index in [0.717, 1.165) is 31.0 Å². The quantitative estimate of drug-likeness (QED) is 0.639. The molecule has 6 nitrogen and oxygen atoms in total. The number of fused-ring (bicyclic) bond motifs is 1. The first kappa shape index (κ1) is 20.3. The van der Waals surface area contributed by atoms with Gasteiger partial charge in [-0.3, -0.25) is 4.79 Å². The Morgan fingerprint density at radius 2 is 1.86 bits per heavy atom. The van der Waals surface area contributed by atoms with Crippen molar-refractivity contribution >= 4 is 28.5 Å². The Bertz CT molecular complexity index is 977. The van der Waals surface area contributed by atoms with Gasteiger partial charge in [-0.2, -0.15) is 5.10 Å². The van der Waals surface area contributed by atoms with Crippen molar-refractivity contribution in [3.05, 3.63) is 52.3 Å². The Morgan fingerprint density at radius 3 is 2.50 bits per heavy atom. The van der Waals surface area contributed by atoms with Gasteiger partial charge in [-0.25, -0.2) is 9.67 Å². The SMILES string of the molecule is CC[NH+](CC)CCNC(=O)c1cnc2c(c(C)nn2-c2ccc(C)cc2)c1Cl. The molecule has 1 aromatic carbocycles. The molecular formula is C21H27ClN5O+. The van der Waals surface area contributed by atoms with Crippen molar-refractivity contribution in [2.75, 3.05) is 26.2 Å². The lowest BCUT2D eigenvalue weighted by Crippen LogP contribution is -3.12. The van der Waals surface area contributed by atoms with Crippen molar-refractivity contribution in [3.8, 4) is 5.69 Å². The minimum Gasteiger partial charge on any atom is -0.346 e. The van der Waals surface area contributed by atoms with Gasteiger partial charge >= 0.3 is 0 Å². The number of likely N-dealkylation sites (N-methyl/N-ethyl adjacent to an activating group) is 1. The number of nitrogens with zero attached hydrogens (tertiary/aromatic N) is 3. The van der Waals surface area contributed by atoms with E-state index in [1.165, 1.54) is 16.7 Å². The molecule has 0 atom stereocenters. The summed E-state index contributed by atoms with van der Waals surface area (Å²) in [5.41, 5.74) is 3.86. The number of nitrogens with one attached hydrogen (secondary N) is 2. The van der Waals surface area contributed by atoms with Crippen molar-refractivity contribution in [2.45, 2.75) is 27.7 Å². The smallest absolute Gasteiger partial charge is 0.254 e. The highest BCUT2D eigenvalue weighted by molar-refractivity contribution is 6.38. The number of aromatic nitrogens is 3. The first-order valence-electron chi connectivity index (χ1n) is 9.68. The van der Waals surface area contributed by atoms with E-state index in [1.54, 1.807) is 4.68 Å². The summed E-state index contributed by atoms with van der Waals surface area (Å²) >= 11 is 6.60. The van der Waals surface area contributed by atoms with E-state index in [2.05, 4.69) is 29.2 Å². The summed E-state index contributed by atoms with van der Waals surface area (Å²) in [4.78, 5) is 18.6. The third-order valence-corrected chi connectivity index (χ3v) is 5.49. The molecule has 2 heterocycles. The Hall–Kier alpha value is -2.44. The van der Waals surface area contributed by atoms with Gasteiger partial charge in [0.15, 0.2) is 5.65 Å². The van der Waals surface area contributed by atoms with Crippen molar-refractivity contribution in [3.63, 3.8) is 0 Å². The molecule has 0 aliphatic heterocycles. The molecule has 0 bridgehead atoms. The molecule has 2 N–H and O–H groups in total. The zero-order valence-corrected chi connectivity index (χ0v) is 17.6. The van der Waals surface area contributed by atoms with Crippen LogP contribution in [0.3, 0.4) is 0 Å². The highest BCUT2D eigenvalue weighted by Gasteiger charge is 2.20. The molecule has 3 aromatic rings. The van der Waals surface area contributed by atoms with Crippen LogP contribution >= 0.6 is 11.6 Å². The van der Waals surface area contributed by atoms with Crippen LogP contribution in [0.2, 0.25) is 5.02 Å². The number of pyridine rings is 1. The van der Waals surface area contributed by atoms with Gasteiger partial charge in [0.05, 0.1) is 53.5 Å². The number of rotatable bonds is 7. The molecule has 0 aliphatic carbocycles. The molecule has 0 saturated carbocycles. The molecule has 1 amide bonds. The van der Waals surface area contributed by atoms with Gasteiger partial charge in [0.1, 0.15) is 0 Å². The van der Waals surface area contributed by atoms with Crippen LogP contribution in [0.25, 0.3) is 16.7 Å². The molecule has 2 aromatic heterocycles. The average Bonchev–Trinajstić information content (AvgIpc) is 3.03. The number of quaternary nitrogens is 1. The number of halogens is 1. The van der Waals surface area contributed by atoms with Crippen LogP contribution < -0.4 is 10.2 Å². The standard InChI is InChI=1S/C21H26ClN5O/c1-5-26(6-2)12-11-23-21(28)17-13-24-20-18(19(17)22)15(4)25-27(20)16-9-7-14(3)8-10-16/h7-10,13H,5-6,11-12H2,1-4H3,(H,23,28)/p+1. The van der Waals surface area contributed by atoms with E-state index in [9.17, 15) is 4.79 Å². The van der Waals surface area contributed by atoms with Crippen LogP contribution in [0, 0.1) is 13.8 Å². The Morgan fingerprint density at radius 1 is 1.18 bits per heavy atom. The number of amides is 1. The van der Waals surface area contributed by atoms with Gasteiger partial charge in [0.2, 0.25) is 0 Å². The molecule has 0 spiro atoms. The van der Waals surface area contributed by atoms with E-state index in [0.29, 0.717) is 28.2 Å².